The van der Waals surface area contributed by atoms with Crippen LogP contribution in [0, 0.1) is 5.92 Å². The van der Waals surface area contributed by atoms with Gasteiger partial charge >= 0.3 is 0 Å². The SMILES string of the molecule is CCC1CC(NS(=O)(=O)CCOC)CC1c1nnc2cnc3[nH]ccc3n12. The van der Waals surface area contributed by atoms with E-state index in [1.807, 2.05) is 16.7 Å². The first-order valence-electron chi connectivity index (χ1n) is 9.18. The maximum atomic E-state index is 12.2. The molecule has 0 saturated heterocycles. The lowest BCUT2D eigenvalue weighted by atomic mass is 9.93. The van der Waals surface area contributed by atoms with Crippen molar-refractivity contribution in [1.29, 1.82) is 0 Å². The van der Waals surface area contributed by atoms with E-state index in [9.17, 15) is 8.42 Å². The Morgan fingerprint density at radius 2 is 2.22 bits per heavy atom. The second-order valence-electron chi connectivity index (χ2n) is 7.09. The van der Waals surface area contributed by atoms with Crippen LogP contribution in [-0.4, -0.2) is 58.5 Å². The molecule has 0 radical (unpaired) electrons. The number of hydrogen-bond donors (Lipinski definition) is 2. The average Bonchev–Trinajstić information content (AvgIpc) is 3.35. The third-order valence-corrected chi connectivity index (χ3v) is 6.82. The van der Waals surface area contributed by atoms with Crippen LogP contribution in [0.15, 0.2) is 18.5 Å². The smallest absolute Gasteiger partial charge is 0.214 e. The summed E-state index contributed by atoms with van der Waals surface area (Å²) >= 11 is 0. The first kappa shape index (κ1) is 18.3. The second-order valence-corrected chi connectivity index (χ2v) is 8.97. The van der Waals surface area contributed by atoms with Crippen molar-refractivity contribution in [2.24, 2.45) is 5.92 Å². The molecule has 1 saturated carbocycles. The molecule has 3 aromatic heterocycles. The number of aromatic nitrogens is 5. The standard InChI is InChI=1S/C17H24N6O3S/c1-3-11-8-12(22-27(24,25)7-6-26-2)9-13(11)17-21-20-15-10-19-16-14(23(15)17)4-5-18-16/h4-5,10-13,18,22H,3,6-9H2,1-2H3. The minimum absolute atomic E-state index is 0.0229. The Morgan fingerprint density at radius 1 is 1.37 bits per heavy atom. The molecule has 27 heavy (non-hydrogen) atoms. The third kappa shape index (κ3) is 3.44. The number of H-pyrrole nitrogens is 1. The minimum atomic E-state index is -3.35. The summed E-state index contributed by atoms with van der Waals surface area (Å²) in [6.45, 7) is 2.33. The van der Waals surface area contributed by atoms with Gasteiger partial charge in [-0.25, -0.2) is 18.1 Å². The van der Waals surface area contributed by atoms with E-state index in [2.05, 4.69) is 31.8 Å². The van der Waals surface area contributed by atoms with Gasteiger partial charge < -0.3 is 9.72 Å². The Kier molecular flexibility index (Phi) is 4.87. The Balaban J connectivity index is 1.64. The van der Waals surface area contributed by atoms with E-state index < -0.39 is 10.0 Å². The largest absolute Gasteiger partial charge is 0.384 e. The van der Waals surface area contributed by atoms with E-state index in [0.717, 1.165) is 29.8 Å². The molecule has 1 fully saturated rings. The van der Waals surface area contributed by atoms with Crippen molar-refractivity contribution in [3.63, 3.8) is 0 Å². The lowest BCUT2D eigenvalue weighted by molar-refractivity contribution is 0.216. The van der Waals surface area contributed by atoms with Crippen molar-refractivity contribution in [2.75, 3.05) is 19.5 Å². The van der Waals surface area contributed by atoms with Crippen LogP contribution in [0.2, 0.25) is 0 Å². The van der Waals surface area contributed by atoms with Crippen LogP contribution < -0.4 is 4.72 Å². The number of aromatic amines is 1. The van der Waals surface area contributed by atoms with E-state index in [0.29, 0.717) is 18.0 Å². The van der Waals surface area contributed by atoms with Crippen LogP contribution in [0.4, 0.5) is 0 Å². The van der Waals surface area contributed by atoms with Gasteiger partial charge in [0, 0.05) is 25.3 Å². The molecule has 3 unspecified atom stereocenters. The lowest BCUT2D eigenvalue weighted by Crippen LogP contribution is -2.36. The molecule has 0 spiro atoms. The summed E-state index contributed by atoms with van der Waals surface area (Å²) in [5.41, 5.74) is 2.42. The van der Waals surface area contributed by atoms with Gasteiger partial charge in [-0.1, -0.05) is 13.3 Å². The molecule has 0 bridgehead atoms. The predicted molar refractivity (Wildman–Crippen MR) is 101 cm³/mol. The molecule has 3 aromatic rings. The summed E-state index contributed by atoms with van der Waals surface area (Å²) in [5.74, 6) is 1.34. The Morgan fingerprint density at radius 3 is 3.00 bits per heavy atom. The molecule has 10 heteroatoms. The van der Waals surface area contributed by atoms with Gasteiger partial charge in [0.1, 0.15) is 5.82 Å². The first-order chi connectivity index (χ1) is 13.0. The number of nitrogens with zero attached hydrogens (tertiary/aromatic N) is 4. The monoisotopic (exact) mass is 392 g/mol. The molecule has 2 N–H and O–H groups in total. The second kappa shape index (κ2) is 7.17. The van der Waals surface area contributed by atoms with Crippen molar-refractivity contribution in [2.45, 2.75) is 38.1 Å². The zero-order valence-electron chi connectivity index (χ0n) is 15.4. The predicted octanol–water partition coefficient (Wildman–Crippen LogP) is 1.44. The number of fused-ring (bicyclic) bond motifs is 3. The fourth-order valence-corrected chi connectivity index (χ4v) is 5.34. The summed E-state index contributed by atoms with van der Waals surface area (Å²) < 4.78 is 34.3. The molecule has 0 aromatic carbocycles. The molecule has 0 amide bonds. The van der Waals surface area contributed by atoms with Gasteiger partial charge in [0.25, 0.3) is 0 Å². The van der Waals surface area contributed by atoms with Gasteiger partial charge in [0.2, 0.25) is 10.0 Å². The van der Waals surface area contributed by atoms with Crippen molar-refractivity contribution >= 4 is 26.8 Å². The van der Waals surface area contributed by atoms with Gasteiger partial charge in [-0.15, -0.1) is 10.2 Å². The molecule has 9 nitrogen and oxygen atoms in total. The highest BCUT2D eigenvalue weighted by molar-refractivity contribution is 7.89. The number of sulfonamides is 1. The van der Waals surface area contributed by atoms with Gasteiger partial charge in [-0.05, 0) is 24.8 Å². The normalized spacial score (nSPS) is 23.6. The third-order valence-electron chi connectivity index (χ3n) is 5.42. The molecular formula is C17H24N6O3S. The molecule has 3 atom stereocenters. The summed E-state index contributed by atoms with van der Waals surface area (Å²) in [4.78, 5) is 7.47. The average molecular weight is 392 g/mol. The van der Waals surface area contributed by atoms with E-state index in [4.69, 9.17) is 4.74 Å². The maximum Gasteiger partial charge on any atom is 0.214 e. The zero-order chi connectivity index (χ0) is 19.0. The molecular weight excluding hydrogens is 368 g/mol. The van der Waals surface area contributed by atoms with Crippen molar-refractivity contribution in [3.05, 3.63) is 24.3 Å². The van der Waals surface area contributed by atoms with Crippen LogP contribution in [-0.2, 0) is 14.8 Å². The number of rotatable bonds is 7. The maximum absolute atomic E-state index is 12.2. The molecule has 146 valence electrons. The van der Waals surface area contributed by atoms with Gasteiger partial charge in [-0.2, -0.15) is 0 Å². The highest BCUT2D eigenvalue weighted by Gasteiger charge is 2.38. The topological polar surface area (TPSA) is 114 Å². The quantitative estimate of drug-likeness (QED) is 0.629. The fraction of sp³-hybridized carbons (Fsp3) is 0.588. The molecule has 4 rings (SSSR count). The molecule has 0 aliphatic heterocycles. The van der Waals surface area contributed by atoms with Crippen LogP contribution in [0.3, 0.4) is 0 Å². The molecule has 3 heterocycles. The van der Waals surface area contributed by atoms with Crippen molar-refractivity contribution < 1.29 is 13.2 Å². The highest BCUT2D eigenvalue weighted by Crippen LogP contribution is 2.41. The summed E-state index contributed by atoms with van der Waals surface area (Å²) in [6, 6.07) is 1.86. The number of nitrogens with one attached hydrogen (secondary N) is 2. The van der Waals surface area contributed by atoms with E-state index >= 15 is 0 Å². The van der Waals surface area contributed by atoms with Crippen LogP contribution in [0.5, 0.6) is 0 Å². The van der Waals surface area contributed by atoms with Gasteiger partial charge in [0.05, 0.1) is 24.1 Å². The van der Waals surface area contributed by atoms with Crippen LogP contribution in [0.25, 0.3) is 16.8 Å². The van der Waals surface area contributed by atoms with Gasteiger partial charge in [-0.3, -0.25) is 4.40 Å². The number of hydrogen-bond acceptors (Lipinski definition) is 6. The van der Waals surface area contributed by atoms with E-state index in [-0.39, 0.29) is 24.3 Å². The summed E-state index contributed by atoms with van der Waals surface area (Å²) in [7, 11) is -1.85. The lowest BCUT2D eigenvalue weighted by Gasteiger charge is -2.16. The molecule has 1 aliphatic rings. The van der Waals surface area contributed by atoms with Gasteiger partial charge in [0.15, 0.2) is 11.3 Å². The van der Waals surface area contributed by atoms with Crippen LogP contribution >= 0.6 is 0 Å². The number of ether oxygens (including phenoxy) is 1. The van der Waals surface area contributed by atoms with E-state index in [1.54, 1.807) is 6.20 Å². The van der Waals surface area contributed by atoms with Crippen LogP contribution in [0.1, 0.15) is 37.9 Å². The van der Waals surface area contributed by atoms with Crippen molar-refractivity contribution in [3.8, 4) is 0 Å². The first-order valence-corrected chi connectivity index (χ1v) is 10.8. The minimum Gasteiger partial charge on any atom is -0.384 e. The van der Waals surface area contributed by atoms with Crippen molar-refractivity contribution in [1.82, 2.24) is 29.3 Å². The zero-order valence-corrected chi connectivity index (χ0v) is 16.2. The number of methoxy groups -OCH3 is 1. The highest BCUT2D eigenvalue weighted by atomic mass is 32.2. The van der Waals surface area contributed by atoms with E-state index in [1.165, 1.54) is 7.11 Å². The summed E-state index contributed by atoms with van der Waals surface area (Å²) in [5, 5.41) is 8.73. The Labute approximate surface area is 157 Å². The Bertz CT molecular complexity index is 1040. The molecule has 1 aliphatic carbocycles. The Hall–Kier alpha value is -2.04. The summed E-state index contributed by atoms with van der Waals surface area (Å²) in [6.07, 6.45) is 6.01. The fourth-order valence-electron chi connectivity index (χ4n) is 4.13.